The molecule has 4 heteroatoms. The fourth-order valence-corrected chi connectivity index (χ4v) is 1.84. The van der Waals surface area contributed by atoms with Gasteiger partial charge in [0.1, 0.15) is 5.75 Å². The largest absolute Gasteiger partial charge is 0.497 e. The zero-order valence-electron chi connectivity index (χ0n) is 9.81. The first-order chi connectivity index (χ1) is 8.69. The summed E-state index contributed by atoms with van der Waals surface area (Å²) in [5, 5.41) is 2.84. The highest BCUT2D eigenvalue weighted by Crippen LogP contribution is 2.15. The highest BCUT2D eigenvalue weighted by Gasteiger charge is 2.05. The van der Waals surface area contributed by atoms with Crippen LogP contribution in [0.4, 0.5) is 5.69 Å². The summed E-state index contributed by atoms with van der Waals surface area (Å²) in [5.41, 5.74) is 1.39. The van der Waals surface area contributed by atoms with Crippen LogP contribution in [0, 0.1) is 3.57 Å². The number of halogens is 1. The number of amides is 1. The number of anilines is 1. The van der Waals surface area contributed by atoms with Crippen LogP contribution < -0.4 is 10.1 Å². The van der Waals surface area contributed by atoms with Crippen molar-refractivity contribution < 1.29 is 9.53 Å². The van der Waals surface area contributed by atoms with Gasteiger partial charge >= 0.3 is 0 Å². The minimum atomic E-state index is -0.126. The third kappa shape index (κ3) is 3.22. The normalized spacial score (nSPS) is 9.89. The molecule has 0 saturated carbocycles. The number of hydrogen-bond acceptors (Lipinski definition) is 2. The van der Waals surface area contributed by atoms with E-state index in [1.54, 1.807) is 31.4 Å². The van der Waals surface area contributed by atoms with Crippen LogP contribution in [0.5, 0.6) is 5.75 Å². The summed E-state index contributed by atoms with van der Waals surface area (Å²) in [6.07, 6.45) is 0. The topological polar surface area (TPSA) is 38.3 Å². The van der Waals surface area contributed by atoms with Gasteiger partial charge < -0.3 is 10.1 Å². The molecule has 0 aromatic heterocycles. The summed E-state index contributed by atoms with van der Waals surface area (Å²) in [4.78, 5) is 11.9. The van der Waals surface area contributed by atoms with Gasteiger partial charge in [0.25, 0.3) is 5.91 Å². The van der Waals surface area contributed by atoms with Crippen molar-refractivity contribution in [3.05, 3.63) is 57.7 Å². The monoisotopic (exact) mass is 353 g/mol. The fraction of sp³-hybridized carbons (Fsp3) is 0.0714. The number of nitrogens with one attached hydrogen (secondary N) is 1. The van der Waals surface area contributed by atoms with E-state index in [2.05, 4.69) is 27.9 Å². The van der Waals surface area contributed by atoms with Gasteiger partial charge in [0, 0.05) is 14.8 Å². The Bertz CT molecular complexity index is 535. The van der Waals surface area contributed by atoms with Crippen molar-refractivity contribution in [1.82, 2.24) is 0 Å². The van der Waals surface area contributed by atoms with E-state index < -0.39 is 0 Å². The Labute approximate surface area is 119 Å². The molecule has 2 rings (SSSR count). The quantitative estimate of drug-likeness (QED) is 0.857. The summed E-state index contributed by atoms with van der Waals surface area (Å²) in [5.74, 6) is 0.611. The molecule has 3 nitrogen and oxygen atoms in total. The summed E-state index contributed by atoms with van der Waals surface area (Å²) in [6, 6.07) is 14.7. The van der Waals surface area contributed by atoms with Gasteiger partial charge in [0.05, 0.1) is 7.11 Å². The standard InChI is InChI=1S/C14H12INO2/c1-18-13-8-2-10(3-9-13)14(17)16-12-6-4-11(15)5-7-12/h2-9H,1H3,(H,16,17). The molecule has 0 radical (unpaired) electrons. The van der Waals surface area contributed by atoms with Gasteiger partial charge in [-0.2, -0.15) is 0 Å². The number of hydrogen-bond donors (Lipinski definition) is 1. The van der Waals surface area contributed by atoms with Crippen molar-refractivity contribution in [2.45, 2.75) is 0 Å². The first-order valence-electron chi connectivity index (χ1n) is 5.40. The van der Waals surface area contributed by atoms with Crippen LogP contribution >= 0.6 is 22.6 Å². The van der Waals surface area contributed by atoms with Crippen LogP contribution in [0.25, 0.3) is 0 Å². The highest BCUT2D eigenvalue weighted by molar-refractivity contribution is 14.1. The van der Waals surface area contributed by atoms with Gasteiger partial charge in [0.2, 0.25) is 0 Å². The zero-order chi connectivity index (χ0) is 13.0. The van der Waals surface area contributed by atoms with Crippen LogP contribution in [0.2, 0.25) is 0 Å². The molecular formula is C14H12INO2. The SMILES string of the molecule is COc1ccc(C(=O)Nc2ccc(I)cc2)cc1. The van der Waals surface area contributed by atoms with Gasteiger partial charge in [-0.05, 0) is 71.1 Å². The van der Waals surface area contributed by atoms with Crippen molar-refractivity contribution in [3.8, 4) is 5.75 Å². The third-order valence-electron chi connectivity index (χ3n) is 2.45. The van der Waals surface area contributed by atoms with Crippen molar-refractivity contribution in [2.24, 2.45) is 0 Å². The first-order valence-corrected chi connectivity index (χ1v) is 6.48. The molecule has 2 aromatic rings. The van der Waals surface area contributed by atoms with E-state index in [0.717, 1.165) is 15.0 Å². The fourth-order valence-electron chi connectivity index (χ4n) is 1.48. The predicted octanol–water partition coefficient (Wildman–Crippen LogP) is 3.55. The molecule has 0 spiro atoms. The van der Waals surface area contributed by atoms with E-state index in [9.17, 15) is 4.79 Å². The lowest BCUT2D eigenvalue weighted by Gasteiger charge is -2.06. The molecule has 0 heterocycles. The van der Waals surface area contributed by atoms with Crippen LogP contribution in [-0.4, -0.2) is 13.0 Å². The Kier molecular flexibility index (Phi) is 4.19. The molecule has 0 aliphatic rings. The average Bonchev–Trinajstić information content (AvgIpc) is 2.41. The Hall–Kier alpha value is -1.56. The molecular weight excluding hydrogens is 341 g/mol. The molecule has 0 fully saturated rings. The van der Waals surface area contributed by atoms with E-state index >= 15 is 0 Å². The van der Waals surface area contributed by atoms with Crippen LogP contribution in [0.3, 0.4) is 0 Å². The predicted molar refractivity (Wildman–Crippen MR) is 80.1 cm³/mol. The van der Waals surface area contributed by atoms with Gasteiger partial charge in [-0.1, -0.05) is 0 Å². The summed E-state index contributed by atoms with van der Waals surface area (Å²) < 4.78 is 6.18. The smallest absolute Gasteiger partial charge is 0.255 e. The molecule has 1 amide bonds. The highest BCUT2D eigenvalue weighted by atomic mass is 127. The van der Waals surface area contributed by atoms with Crippen LogP contribution in [0.15, 0.2) is 48.5 Å². The Morgan fingerprint density at radius 2 is 1.67 bits per heavy atom. The van der Waals surface area contributed by atoms with Crippen LogP contribution in [-0.2, 0) is 0 Å². The maximum atomic E-state index is 11.9. The van der Waals surface area contributed by atoms with Crippen molar-refractivity contribution in [3.63, 3.8) is 0 Å². The molecule has 2 aromatic carbocycles. The van der Waals surface area contributed by atoms with Gasteiger partial charge in [-0.3, -0.25) is 4.79 Å². The van der Waals surface area contributed by atoms with Gasteiger partial charge in [-0.25, -0.2) is 0 Å². The molecule has 1 N–H and O–H groups in total. The molecule has 0 unspecified atom stereocenters. The van der Waals surface area contributed by atoms with E-state index in [4.69, 9.17) is 4.74 Å². The summed E-state index contributed by atoms with van der Waals surface area (Å²) in [6.45, 7) is 0. The maximum absolute atomic E-state index is 11.9. The number of methoxy groups -OCH3 is 1. The molecule has 0 bridgehead atoms. The molecule has 0 aliphatic carbocycles. The maximum Gasteiger partial charge on any atom is 0.255 e. The Morgan fingerprint density at radius 3 is 2.22 bits per heavy atom. The first kappa shape index (κ1) is 12.9. The zero-order valence-corrected chi connectivity index (χ0v) is 12.0. The number of carbonyl (C=O) groups is 1. The summed E-state index contributed by atoms with van der Waals surface area (Å²) in [7, 11) is 1.60. The van der Waals surface area contributed by atoms with E-state index in [-0.39, 0.29) is 5.91 Å². The number of ether oxygens (including phenoxy) is 1. The number of benzene rings is 2. The number of rotatable bonds is 3. The third-order valence-corrected chi connectivity index (χ3v) is 3.17. The minimum Gasteiger partial charge on any atom is -0.497 e. The average molecular weight is 353 g/mol. The van der Waals surface area contributed by atoms with E-state index in [0.29, 0.717) is 5.56 Å². The second-order valence-electron chi connectivity index (χ2n) is 3.69. The minimum absolute atomic E-state index is 0.126. The molecule has 0 saturated heterocycles. The second kappa shape index (κ2) is 5.86. The lowest BCUT2D eigenvalue weighted by Crippen LogP contribution is -2.11. The lowest BCUT2D eigenvalue weighted by atomic mass is 10.2. The Morgan fingerprint density at radius 1 is 1.06 bits per heavy atom. The van der Waals surface area contributed by atoms with Crippen LogP contribution in [0.1, 0.15) is 10.4 Å². The van der Waals surface area contributed by atoms with E-state index in [1.165, 1.54) is 0 Å². The van der Waals surface area contributed by atoms with Crippen molar-refractivity contribution >= 4 is 34.2 Å². The van der Waals surface area contributed by atoms with Gasteiger partial charge in [0.15, 0.2) is 0 Å². The van der Waals surface area contributed by atoms with Crippen molar-refractivity contribution in [2.75, 3.05) is 12.4 Å². The second-order valence-corrected chi connectivity index (χ2v) is 4.94. The van der Waals surface area contributed by atoms with Gasteiger partial charge in [-0.15, -0.1) is 0 Å². The van der Waals surface area contributed by atoms with Crippen molar-refractivity contribution in [1.29, 1.82) is 0 Å². The Balaban J connectivity index is 2.09. The summed E-state index contributed by atoms with van der Waals surface area (Å²) >= 11 is 2.22. The number of carbonyl (C=O) groups excluding carboxylic acids is 1. The van der Waals surface area contributed by atoms with E-state index in [1.807, 2.05) is 24.3 Å². The molecule has 92 valence electrons. The lowest BCUT2D eigenvalue weighted by molar-refractivity contribution is 0.102. The molecule has 0 aliphatic heterocycles. The molecule has 0 atom stereocenters. The molecule has 18 heavy (non-hydrogen) atoms.